The Hall–Kier alpha value is -1.05. The van der Waals surface area contributed by atoms with Crippen LogP contribution in [-0.4, -0.2) is 11.1 Å². The second-order valence-corrected chi connectivity index (χ2v) is 9.90. The predicted octanol–water partition coefficient (Wildman–Crippen LogP) is 11.6. The molecule has 0 aliphatic carbocycles. The van der Waals surface area contributed by atoms with Gasteiger partial charge in [0.2, 0.25) is 0 Å². The van der Waals surface area contributed by atoms with Crippen molar-refractivity contribution in [2.45, 2.75) is 175 Å². The zero-order chi connectivity index (χ0) is 25.4. The maximum Gasteiger partial charge on any atom is 0.303 e. The van der Waals surface area contributed by atoms with E-state index in [1.165, 1.54) is 135 Å². The van der Waals surface area contributed by atoms with Crippen LogP contribution in [0, 0.1) is 0 Å². The number of carbonyl (C=O) groups is 1. The van der Waals surface area contributed by atoms with Gasteiger partial charge in [0, 0.05) is 6.42 Å². The van der Waals surface area contributed by atoms with E-state index in [9.17, 15) is 4.79 Å². The molecular formula is C32H62O2. The molecule has 0 aromatic heterocycles. The molecule has 0 saturated heterocycles. The lowest BCUT2D eigenvalue weighted by molar-refractivity contribution is -0.137. The van der Waals surface area contributed by atoms with Gasteiger partial charge in [-0.15, -0.1) is 0 Å². The minimum Gasteiger partial charge on any atom is -0.481 e. The summed E-state index contributed by atoms with van der Waals surface area (Å²) >= 11 is 0. The van der Waals surface area contributed by atoms with Crippen LogP contribution in [0.1, 0.15) is 175 Å². The molecule has 0 heterocycles. The average molecular weight is 479 g/mol. The number of hydrogen-bond acceptors (Lipinski definition) is 1. The van der Waals surface area contributed by atoms with Crippen molar-refractivity contribution < 1.29 is 9.90 Å². The van der Waals surface area contributed by atoms with Crippen LogP contribution in [0.3, 0.4) is 0 Å². The highest BCUT2D eigenvalue weighted by atomic mass is 16.4. The lowest BCUT2D eigenvalue weighted by Gasteiger charge is -1.98. The first kappa shape index (κ1) is 35.1. The summed E-state index contributed by atoms with van der Waals surface area (Å²) in [6, 6.07) is 0. The standard InChI is InChI=1S/C16H30O2.C16H32/c1-2-3-4-5-6-7-8-9-10-11-12-13-14-15-16(17)18;1-3-5-7-9-11-13-15-16-14-12-10-8-6-4-2/h7-8H,2-6,9-15H2,1H3,(H,17,18);13,15H,3-12,14,16H2,1-2H3/b8-7-;. The van der Waals surface area contributed by atoms with Crippen LogP contribution in [0.5, 0.6) is 0 Å². The molecule has 34 heavy (non-hydrogen) atoms. The molecule has 202 valence electrons. The van der Waals surface area contributed by atoms with Crippen molar-refractivity contribution in [2.75, 3.05) is 0 Å². The lowest BCUT2D eigenvalue weighted by Crippen LogP contribution is -1.93. The van der Waals surface area contributed by atoms with Crippen LogP contribution in [0.25, 0.3) is 0 Å². The molecule has 0 spiro atoms. The van der Waals surface area contributed by atoms with Crippen molar-refractivity contribution in [1.82, 2.24) is 0 Å². The average Bonchev–Trinajstić information content (AvgIpc) is 2.83. The molecule has 0 unspecified atom stereocenters. The van der Waals surface area contributed by atoms with E-state index < -0.39 is 5.97 Å². The van der Waals surface area contributed by atoms with Crippen molar-refractivity contribution >= 4 is 5.97 Å². The summed E-state index contributed by atoms with van der Waals surface area (Å²) in [5.41, 5.74) is 0. The zero-order valence-electron chi connectivity index (χ0n) is 23.6. The second-order valence-electron chi connectivity index (χ2n) is 9.90. The fraction of sp³-hybridized carbons (Fsp3) is 0.844. The number of carboxylic acid groups (broad SMARTS) is 1. The molecule has 0 atom stereocenters. The number of rotatable bonds is 25. The van der Waals surface area contributed by atoms with E-state index in [4.69, 9.17) is 5.11 Å². The van der Waals surface area contributed by atoms with Gasteiger partial charge in [-0.1, -0.05) is 135 Å². The molecule has 2 nitrogen and oxygen atoms in total. The summed E-state index contributed by atoms with van der Waals surface area (Å²) in [7, 11) is 0. The third-order valence-corrected chi connectivity index (χ3v) is 6.27. The normalized spacial score (nSPS) is 11.3. The highest BCUT2D eigenvalue weighted by Crippen LogP contribution is 2.10. The molecular weight excluding hydrogens is 416 g/mol. The molecule has 0 fully saturated rings. The second kappa shape index (κ2) is 34.1. The maximum absolute atomic E-state index is 10.3. The zero-order valence-corrected chi connectivity index (χ0v) is 23.6. The molecule has 0 aromatic rings. The number of carboxylic acids is 1. The summed E-state index contributed by atoms with van der Waals surface area (Å²) in [4.78, 5) is 10.3. The maximum atomic E-state index is 10.3. The molecule has 0 bridgehead atoms. The Bertz CT molecular complexity index is 425. The minimum absolute atomic E-state index is 0.331. The summed E-state index contributed by atoms with van der Waals surface area (Å²) < 4.78 is 0. The van der Waals surface area contributed by atoms with Gasteiger partial charge in [0.15, 0.2) is 0 Å². The predicted molar refractivity (Wildman–Crippen MR) is 154 cm³/mol. The Balaban J connectivity index is 0. The Labute approximate surface area is 215 Å². The van der Waals surface area contributed by atoms with Crippen molar-refractivity contribution in [3.63, 3.8) is 0 Å². The van der Waals surface area contributed by atoms with Crippen LogP contribution in [0.4, 0.5) is 0 Å². The van der Waals surface area contributed by atoms with E-state index in [0.717, 1.165) is 12.8 Å². The van der Waals surface area contributed by atoms with Gasteiger partial charge < -0.3 is 5.11 Å². The smallest absolute Gasteiger partial charge is 0.303 e. The fourth-order valence-corrected chi connectivity index (χ4v) is 3.96. The largest absolute Gasteiger partial charge is 0.481 e. The lowest BCUT2D eigenvalue weighted by atomic mass is 10.1. The fourth-order valence-electron chi connectivity index (χ4n) is 3.96. The van der Waals surface area contributed by atoms with Gasteiger partial charge in [-0.25, -0.2) is 0 Å². The van der Waals surface area contributed by atoms with E-state index in [0.29, 0.717) is 6.42 Å². The van der Waals surface area contributed by atoms with Gasteiger partial charge in [-0.05, 0) is 57.8 Å². The van der Waals surface area contributed by atoms with Crippen LogP contribution >= 0.6 is 0 Å². The Morgan fingerprint density at radius 1 is 0.441 bits per heavy atom. The molecule has 0 radical (unpaired) electrons. The third-order valence-electron chi connectivity index (χ3n) is 6.27. The monoisotopic (exact) mass is 478 g/mol. The van der Waals surface area contributed by atoms with Gasteiger partial charge in [0.25, 0.3) is 0 Å². The van der Waals surface area contributed by atoms with Gasteiger partial charge in [0.05, 0.1) is 0 Å². The summed E-state index contributed by atoms with van der Waals surface area (Å²) in [5, 5.41) is 8.48. The molecule has 2 heteroatoms. The van der Waals surface area contributed by atoms with Gasteiger partial charge in [-0.3, -0.25) is 4.79 Å². The van der Waals surface area contributed by atoms with E-state index >= 15 is 0 Å². The van der Waals surface area contributed by atoms with Crippen molar-refractivity contribution in [1.29, 1.82) is 0 Å². The van der Waals surface area contributed by atoms with E-state index in [2.05, 4.69) is 45.1 Å². The van der Waals surface area contributed by atoms with Crippen molar-refractivity contribution in [3.05, 3.63) is 24.3 Å². The molecule has 0 aliphatic heterocycles. The van der Waals surface area contributed by atoms with E-state index in [1.54, 1.807) is 0 Å². The minimum atomic E-state index is -0.666. The summed E-state index contributed by atoms with van der Waals surface area (Å²) in [6.45, 7) is 6.79. The topological polar surface area (TPSA) is 37.3 Å². The highest BCUT2D eigenvalue weighted by Gasteiger charge is 1.95. The SMILES string of the molecule is CCCCCC/C=C\CCCCCCCC(=O)O.CCCCCCC=CCCCCCCCC. The van der Waals surface area contributed by atoms with Crippen LogP contribution < -0.4 is 0 Å². The quantitative estimate of drug-likeness (QED) is 0.105. The number of unbranched alkanes of at least 4 members (excludes halogenated alkanes) is 19. The first-order chi connectivity index (χ1) is 16.7. The number of aliphatic carboxylic acids is 1. The van der Waals surface area contributed by atoms with Crippen LogP contribution in [-0.2, 0) is 4.79 Å². The summed E-state index contributed by atoms with van der Waals surface area (Å²) in [5.74, 6) is -0.666. The van der Waals surface area contributed by atoms with Crippen molar-refractivity contribution in [2.24, 2.45) is 0 Å². The molecule has 0 amide bonds. The number of hydrogen-bond donors (Lipinski definition) is 1. The van der Waals surface area contributed by atoms with E-state index in [-0.39, 0.29) is 0 Å². The van der Waals surface area contributed by atoms with Gasteiger partial charge in [0.1, 0.15) is 0 Å². The Morgan fingerprint density at radius 3 is 1.03 bits per heavy atom. The Morgan fingerprint density at radius 2 is 0.706 bits per heavy atom. The molecule has 0 saturated carbocycles. The van der Waals surface area contributed by atoms with Gasteiger partial charge >= 0.3 is 5.97 Å². The number of allylic oxidation sites excluding steroid dienone is 4. The van der Waals surface area contributed by atoms with Crippen molar-refractivity contribution in [3.8, 4) is 0 Å². The molecule has 1 N–H and O–H groups in total. The highest BCUT2D eigenvalue weighted by molar-refractivity contribution is 5.66. The van der Waals surface area contributed by atoms with E-state index in [1.807, 2.05) is 0 Å². The van der Waals surface area contributed by atoms with Crippen LogP contribution in [0.15, 0.2) is 24.3 Å². The Kier molecular flexibility index (Phi) is 35.2. The third kappa shape index (κ3) is 38.2. The molecule has 0 rings (SSSR count). The molecule has 0 aliphatic rings. The van der Waals surface area contributed by atoms with Gasteiger partial charge in [-0.2, -0.15) is 0 Å². The van der Waals surface area contributed by atoms with Crippen LogP contribution in [0.2, 0.25) is 0 Å². The molecule has 0 aromatic carbocycles. The first-order valence-corrected chi connectivity index (χ1v) is 15.2. The summed E-state index contributed by atoms with van der Waals surface area (Å²) in [6.07, 6.45) is 39.8. The first-order valence-electron chi connectivity index (χ1n) is 15.2.